The Labute approximate surface area is 125 Å². The van der Waals surface area contributed by atoms with E-state index in [0.29, 0.717) is 18.3 Å². The maximum atomic E-state index is 8.91. The third kappa shape index (κ3) is 5.03. The maximum Gasteiger partial charge on any atom is 0.240 e. The second-order valence-electron chi connectivity index (χ2n) is 5.47. The lowest BCUT2D eigenvalue weighted by atomic mass is 10.3. The molecule has 1 aliphatic rings. The molecule has 0 spiro atoms. The molecule has 2 heterocycles. The fourth-order valence-electron chi connectivity index (χ4n) is 2.49. The Kier molecular flexibility index (Phi) is 6.56. The molecule has 1 aromatic rings. The normalized spacial score (nSPS) is 19.6. The summed E-state index contributed by atoms with van der Waals surface area (Å²) in [6.45, 7) is 7.97. The van der Waals surface area contributed by atoms with Crippen molar-refractivity contribution >= 4 is 0 Å². The van der Waals surface area contributed by atoms with Crippen LogP contribution in [0.1, 0.15) is 37.6 Å². The Balaban J connectivity index is 1.81. The molecule has 0 bridgehead atoms. The molecule has 0 amide bonds. The molecule has 1 aliphatic heterocycles. The van der Waals surface area contributed by atoms with Crippen LogP contribution in [0.2, 0.25) is 0 Å². The molecule has 1 unspecified atom stereocenters. The smallest absolute Gasteiger partial charge is 0.240 e. The molecule has 1 saturated heterocycles. The average molecular weight is 298 g/mol. The molecule has 2 rings (SSSR count). The first kappa shape index (κ1) is 16.4. The third-order valence-corrected chi connectivity index (χ3v) is 3.87. The van der Waals surface area contributed by atoms with Crippen LogP contribution in [0.25, 0.3) is 0 Å². The fourth-order valence-corrected chi connectivity index (χ4v) is 2.49. The van der Waals surface area contributed by atoms with Crippen LogP contribution in [0.15, 0.2) is 4.52 Å². The van der Waals surface area contributed by atoms with Crippen molar-refractivity contribution in [3.05, 3.63) is 11.7 Å². The van der Waals surface area contributed by atoms with Crippen LogP contribution < -0.4 is 0 Å². The number of ether oxygens (including phenoxy) is 1. The van der Waals surface area contributed by atoms with Gasteiger partial charge in [0.2, 0.25) is 5.89 Å². The Morgan fingerprint density at radius 3 is 2.81 bits per heavy atom. The van der Waals surface area contributed by atoms with Gasteiger partial charge in [-0.15, -0.1) is 0 Å². The first-order valence-electron chi connectivity index (χ1n) is 7.63. The number of nitrogens with zero attached hydrogens (tertiary/aromatic N) is 4. The molecule has 1 atom stereocenters. The molecule has 21 heavy (non-hydrogen) atoms. The van der Waals surface area contributed by atoms with Gasteiger partial charge in [0.05, 0.1) is 6.54 Å². The number of hydrogen-bond acceptors (Lipinski definition) is 7. The molecule has 0 aliphatic carbocycles. The lowest BCUT2D eigenvalue weighted by Crippen LogP contribution is -2.31. The van der Waals surface area contributed by atoms with E-state index in [9.17, 15) is 0 Å². The van der Waals surface area contributed by atoms with Gasteiger partial charge in [-0.1, -0.05) is 5.16 Å². The van der Waals surface area contributed by atoms with Gasteiger partial charge < -0.3 is 19.3 Å². The van der Waals surface area contributed by atoms with Gasteiger partial charge in [-0.25, -0.2) is 0 Å². The molecule has 0 aromatic carbocycles. The Bertz CT molecular complexity index is 413. The van der Waals surface area contributed by atoms with Gasteiger partial charge in [-0.05, 0) is 32.9 Å². The summed E-state index contributed by atoms with van der Waals surface area (Å²) in [5.74, 6) is 1.25. The largest absolute Gasteiger partial charge is 0.396 e. The van der Waals surface area contributed by atoms with Crippen molar-refractivity contribution in [2.24, 2.45) is 0 Å². The van der Waals surface area contributed by atoms with E-state index in [4.69, 9.17) is 14.4 Å². The minimum Gasteiger partial charge on any atom is -0.396 e. The highest BCUT2D eigenvalue weighted by Crippen LogP contribution is 2.13. The zero-order valence-corrected chi connectivity index (χ0v) is 13.0. The van der Waals surface area contributed by atoms with Crippen molar-refractivity contribution in [3.63, 3.8) is 0 Å². The van der Waals surface area contributed by atoms with E-state index in [1.54, 1.807) is 7.11 Å². The van der Waals surface area contributed by atoms with Crippen LogP contribution in [0.3, 0.4) is 0 Å². The summed E-state index contributed by atoms with van der Waals surface area (Å²) in [7, 11) is 1.64. The van der Waals surface area contributed by atoms with E-state index in [-0.39, 0.29) is 12.7 Å². The SMILES string of the molecule is COC(C)c1noc(CN2CCCN(CCCO)CC2)n1. The molecule has 7 nitrogen and oxygen atoms in total. The summed E-state index contributed by atoms with van der Waals surface area (Å²) < 4.78 is 10.5. The minimum absolute atomic E-state index is 0.138. The molecule has 1 aromatic heterocycles. The molecule has 0 saturated carbocycles. The molecule has 1 N–H and O–H groups in total. The fraction of sp³-hybridized carbons (Fsp3) is 0.857. The monoisotopic (exact) mass is 298 g/mol. The van der Waals surface area contributed by atoms with E-state index in [1.165, 1.54) is 0 Å². The maximum absolute atomic E-state index is 8.91. The zero-order valence-electron chi connectivity index (χ0n) is 13.0. The van der Waals surface area contributed by atoms with Crippen LogP contribution in [0, 0.1) is 0 Å². The van der Waals surface area contributed by atoms with Crippen LogP contribution in [0.5, 0.6) is 0 Å². The van der Waals surface area contributed by atoms with E-state index in [2.05, 4.69) is 19.9 Å². The van der Waals surface area contributed by atoms with Crippen molar-refractivity contribution in [2.45, 2.75) is 32.4 Å². The minimum atomic E-state index is -0.138. The molecular weight excluding hydrogens is 272 g/mol. The van der Waals surface area contributed by atoms with Crippen LogP contribution in [-0.4, -0.2) is 71.5 Å². The van der Waals surface area contributed by atoms with Gasteiger partial charge in [0.25, 0.3) is 0 Å². The van der Waals surface area contributed by atoms with E-state index < -0.39 is 0 Å². The van der Waals surface area contributed by atoms with Crippen molar-refractivity contribution < 1.29 is 14.4 Å². The highest BCUT2D eigenvalue weighted by Gasteiger charge is 2.18. The molecule has 120 valence electrons. The standard InChI is InChI=1S/C14H26N4O3/c1-12(20-2)14-15-13(21-16-14)11-18-6-3-5-17(8-9-18)7-4-10-19/h12,19H,3-11H2,1-2H3. The molecular formula is C14H26N4O3. The van der Waals surface area contributed by atoms with Crippen LogP contribution in [0.4, 0.5) is 0 Å². The number of aromatic nitrogens is 2. The van der Waals surface area contributed by atoms with Gasteiger partial charge in [0, 0.05) is 33.4 Å². The van der Waals surface area contributed by atoms with Gasteiger partial charge in [0.1, 0.15) is 6.10 Å². The molecule has 1 fully saturated rings. The van der Waals surface area contributed by atoms with Gasteiger partial charge >= 0.3 is 0 Å². The third-order valence-electron chi connectivity index (χ3n) is 3.87. The van der Waals surface area contributed by atoms with Crippen LogP contribution in [-0.2, 0) is 11.3 Å². The summed E-state index contributed by atoms with van der Waals surface area (Å²) >= 11 is 0. The first-order chi connectivity index (χ1) is 10.2. The lowest BCUT2D eigenvalue weighted by Gasteiger charge is -2.20. The zero-order chi connectivity index (χ0) is 15.1. The summed E-state index contributed by atoms with van der Waals surface area (Å²) in [4.78, 5) is 9.13. The number of aliphatic hydroxyl groups is 1. The van der Waals surface area contributed by atoms with Crippen molar-refractivity contribution in [1.29, 1.82) is 0 Å². The number of methoxy groups -OCH3 is 1. The summed E-state index contributed by atoms with van der Waals surface area (Å²) in [5, 5.41) is 12.9. The average Bonchev–Trinajstić information content (AvgIpc) is 2.85. The van der Waals surface area contributed by atoms with Gasteiger partial charge in [0.15, 0.2) is 5.82 Å². The van der Waals surface area contributed by atoms with Crippen molar-refractivity contribution in [3.8, 4) is 0 Å². The lowest BCUT2D eigenvalue weighted by molar-refractivity contribution is 0.109. The molecule has 7 heteroatoms. The second-order valence-corrected chi connectivity index (χ2v) is 5.47. The van der Waals surface area contributed by atoms with E-state index in [0.717, 1.165) is 45.6 Å². The Morgan fingerprint density at radius 1 is 1.29 bits per heavy atom. The van der Waals surface area contributed by atoms with Crippen molar-refractivity contribution in [1.82, 2.24) is 19.9 Å². The predicted octanol–water partition coefficient (Wildman–Crippen LogP) is 0.667. The predicted molar refractivity (Wildman–Crippen MR) is 77.8 cm³/mol. The Morgan fingerprint density at radius 2 is 2.05 bits per heavy atom. The number of hydrogen-bond donors (Lipinski definition) is 1. The van der Waals surface area contributed by atoms with E-state index >= 15 is 0 Å². The topological polar surface area (TPSA) is 74.9 Å². The van der Waals surface area contributed by atoms with Crippen molar-refractivity contribution in [2.75, 3.05) is 46.4 Å². The first-order valence-corrected chi connectivity index (χ1v) is 7.63. The quantitative estimate of drug-likeness (QED) is 0.793. The second kappa shape index (κ2) is 8.43. The van der Waals surface area contributed by atoms with Gasteiger partial charge in [-0.3, -0.25) is 4.90 Å². The molecule has 0 radical (unpaired) electrons. The van der Waals surface area contributed by atoms with Crippen LogP contribution >= 0.6 is 0 Å². The van der Waals surface area contributed by atoms with Gasteiger partial charge in [-0.2, -0.15) is 4.98 Å². The summed E-state index contributed by atoms with van der Waals surface area (Å²) in [5.41, 5.74) is 0. The number of aliphatic hydroxyl groups excluding tert-OH is 1. The summed E-state index contributed by atoms with van der Waals surface area (Å²) in [6.07, 6.45) is 1.84. The Hall–Kier alpha value is -1.02. The highest BCUT2D eigenvalue weighted by molar-refractivity contribution is 4.90. The van der Waals surface area contributed by atoms with E-state index in [1.807, 2.05) is 6.92 Å². The summed E-state index contributed by atoms with van der Waals surface area (Å²) in [6, 6.07) is 0. The highest BCUT2D eigenvalue weighted by atomic mass is 16.5. The number of rotatable bonds is 7.